The molecule has 0 amide bonds. The molecule has 0 aliphatic heterocycles. The van der Waals surface area contributed by atoms with E-state index < -0.39 is 6.10 Å². The number of aliphatic hydroxyl groups excluding tert-OH is 1. The van der Waals surface area contributed by atoms with Crippen LogP contribution in [0, 0.1) is 19.3 Å². The van der Waals surface area contributed by atoms with Gasteiger partial charge in [0.1, 0.15) is 5.75 Å². The van der Waals surface area contributed by atoms with E-state index in [1.807, 2.05) is 25.1 Å². The Morgan fingerprint density at radius 1 is 1.50 bits per heavy atom. The number of hydrogen-bond acceptors (Lipinski definition) is 2. The lowest BCUT2D eigenvalue weighted by atomic mass is 10.1. The molecular formula is C14H18O2. The summed E-state index contributed by atoms with van der Waals surface area (Å²) in [5, 5.41) is 9.59. The molecule has 0 heterocycles. The highest BCUT2D eigenvalue weighted by atomic mass is 16.5. The predicted molar refractivity (Wildman–Crippen MR) is 65.4 cm³/mol. The maximum absolute atomic E-state index is 9.59. The standard InChI is InChI=1S/C14H18O2/c1-4-5-6-9-16-14-10-11(2)7-8-13(14)12(3)15/h1,7-8,10,12,15H,5-6,9H2,2-3H3/t12-/m1/s1. The molecule has 0 aromatic heterocycles. The van der Waals surface area contributed by atoms with Crippen LogP contribution in [-0.4, -0.2) is 11.7 Å². The molecule has 1 atom stereocenters. The molecule has 0 saturated heterocycles. The van der Waals surface area contributed by atoms with Crippen molar-refractivity contribution in [2.45, 2.75) is 32.8 Å². The van der Waals surface area contributed by atoms with Crippen LogP contribution in [0.1, 0.15) is 37.0 Å². The SMILES string of the molecule is C#CCCCOc1cc(C)ccc1[C@@H](C)O. The first kappa shape index (κ1) is 12.6. The molecule has 1 aromatic carbocycles. The van der Waals surface area contributed by atoms with Gasteiger partial charge in [-0.25, -0.2) is 0 Å². The molecule has 0 spiro atoms. The number of aliphatic hydroxyl groups is 1. The summed E-state index contributed by atoms with van der Waals surface area (Å²) >= 11 is 0. The van der Waals surface area contributed by atoms with Crippen LogP contribution in [0.15, 0.2) is 18.2 Å². The average Bonchev–Trinajstić information content (AvgIpc) is 2.24. The molecule has 0 saturated carbocycles. The Morgan fingerprint density at radius 2 is 2.25 bits per heavy atom. The van der Waals surface area contributed by atoms with Crippen LogP contribution >= 0.6 is 0 Å². The van der Waals surface area contributed by atoms with Gasteiger partial charge in [0.15, 0.2) is 0 Å². The van der Waals surface area contributed by atoms with Crippen molar-refractivity contribution in [1.82, 2.24) is 0 Å². The van der Waals surface area contributed by atoms with Gasteiger partial charge in [-0.2, -0.15) is 0 Å². The van der Waals surface area contributed by atoms with Crippen molar-refractivity contribution in [1.29, 1.82) is 0 Å². The predicted octanol–water partition coefficient (Wildman–Crippen LogP) is 2.84. The molecule has 0 aliphatic rings. The average molecular weight is 218 g/mol. The molecule has 0 fully saturated rings. The highest BCUT2D eigenvalue weighted by molar-refractivity contribution is 5.38. The minimum atomic E-state index is -0.511. The van der Waals surface area contributed by atoms with Gasteiger partial charge >= 0.3 is 0 Å². The van der Waals surface area contributed by atoms with Gasteiger partial charge in [-0.3, -0.25) is 0 Å². The summed E-state index contributed by atoms with van der Waals surface area (Å²) in [6.45, 7) is 4.33. The van der Waals surface area contributed by atoms with E-state index in [0.29, 0.717) is 6.61 Å². The molecule has 0 radical (unpaired) electrons. The van der Waals surface area contributed by atoms with E-state index in [2.05, 4.69) is 5.92 Å². The first-order chi connectivity index (χ1) is 7.65. The Kier molecular flexibility index (Phi) is 4.88. The lowest BCUT2D eigenvalue weighted by Gasteiger charge is -2.13. The second kappa shape index (κ2) is 6.19. The smallest absolute Gasteiger partial charge is 0.125 e. The second-order valence-corrected chi connectivity index (χ2v) is 3.87. The van der Waals surface area contributed by atoms with Crippen molar-refractivity contribution in [2.75, 3.05) is 6.61 Å². The van der Waals surface area contributed by atoms with Gasteiger partial charge in [-0.15, -0.1) is 12.3 Å². The van der Waals surface area contributed by atoms with Gasteiger partial charge in [0.2, 0.25) is 0 Å². The molecule has 2 nitrogen and oxygen atoms in total. The summed E-state index contributed by atoms with van der Waals surface area (Å²) in [5.41, 5.74) is 1.95. The minimum absolute atomic E-state index is 0.511. The molecular weight excluding hydrogens is 200 g/mol. The molecule has 0 aliphatic carbocycles. The molecule has 1 N–H and O–H groups in total. The number of ether oxygens (including phenoxy) is 1. The lowest BCUT2D eigenvalue weighted by molar-refractivity contribution is 0.191. The highest BCUT2D eigenvalue weighted by Gasteiger charge is 2.08. The number of rotatable bonds is 5. The summed E-state index contributed by atoms with van der Waals surface area (Å²) in [4.78, 5) is 0. The molecule has 2 heteroatoms. The minimum Gasteiger partial charge on any atom is -0.493 e. The van der Waals surface area contributed by atoms with Crippen molar-refractivity contribution in [2.24, 2.45) is 0 Å². The number of unbranched alkanes of at least 4 members (excludes halogenated alkanes) is 1. The fourth-order valence-corrected chi connectivity index (χ4v) is 1.47. The van der Waals surface area contributed by atoms with Crippen molar-refractivity contribution in [3.05, 3.63) is 29.3 Å². The maximum atomic E-state index is 9.59. The fraction of sp³-hybridized carbons (Fsp3) is 0.429. The van der Waals surface area contributed by atoms with E-state index in [4.69, 9.17) is 11.2 Å². The van der Waals surface area contributed by atoms with Gasteiger partial charge < -0.3 is 9.84 Å². The van der Waals surface area contributed by atoms with Crippen LogP contribution in [0.5, 0.6) is 5.75 Å². The Morgan fingerprint density at radius 3 is 2.88 bits per heavy atom. The highest BCUT2D eigenvalue weighted by Crippen LogP contribution is 2.26. The Labute approximate surface area is 97.3 Å². The van der Waals surface area contributed by atoms with Crippen molar-refractivity contribution in [3.8, 4) is 18.1 Å². The fourth-order valence-electron chi connectivity index (χ4n) is 1.47. The summed E-state index contributed by atoms with van der Waals surface area (Å²) in [5.74, 6) is 3.33. The van der Waals surface area contributed by atoms with E-state index in [0.717, 1.165) is 29.7 Å². The number of aryl methyl sites for hydroxylation is 1. The Balaban J connectivity index is 2.69. The Hall–Kier alpha value is -1.46. The second-order valence-electron chi connectivity index (χ2n) is 3.87. The van der Waals surface area contributed by atoms with Crippen LogP contribution < -0.4 is 4.74 Å². The first-order valence-electron chi connectivity index (χ1n) is 5.50. The van der Waals surface area contributed by atoms with Gasteiger partial charge in [0.05, 0.1) is 12.7 Å². The monoisotopic (exact) mass is 218 g/mol. The molecule has 0 bridgehead atoms. The zero-order valence-corrected chi connectivity index (χ0v) is 9.86. The van der Waals surface area contributed by atoms with Crippen molar-refractivity contribution < 1.29 is 9.84 Å². The third kappa shape index (κ3) is 3.60. The van der Waals surface area contributed by atoms with Crippen LogP contribution in [-0.2, 0) is 0 Å². The topological polar surface area (TPSA) is 29.5 Å². The number of benzene rings is 1. The number of hydrogen-bond donors (Lipinski definition) is 1. The zero-order chi connectivity index (χ0) is 12.0. The van der Waals surface area contributed by atoms with Crippen LogP contribution in [0.3, 0.4) is 0 Å². The van der Waals surface area contributed by atoms with Crippen LogP contribution in [0.25, 0.3) is 0 Å². The summed E-state index contributed by atoms with van der Waals surface area (Å²) in [7, 11) is 0. The van der Waals surface area contributed by atoms with Gasteiger partial charge in [-0.05, 0) is 31.9 Å². The maximum Gasteiger partial charge on any atom is 0.125 e. The van der Waals surface area contributed by atoms with E-state index in [9.17, 15) is 5.11 Å². The summed E-state index contributed by atoms with van der Waals surface area (Å²) < 4.78 is 5.63. The van der Waals surface area contributed by atoms with Crippen LogP contribution in [0.2, 0.25) is 0 Å². The summed E-state index contributed by atoms with van der Waals surface area (Å²) in [6.07, 6.45) is 6.21. The van der Waals surface area contributed by atoms with Crippen molar-refractivity contribution in [3.63, 3.8) is 0 Å². The largest absolute Gasteiger partial charge is 0.493 e. The van der Waals surface area contributed by atoms with E-state index in [1.54, 1.807) is 6.92 Å². The third-order valence-electron chi connectivity index (χ3n) is 2.34. The first-order valence-corrected chi connectivity index (χ1v) is 5.50. The molecule has 0 unspecified atom stereocenters. The van der Waals surface area contributed by atoms with Crippen molar-refractivity contribution >= 4 is 0 Å². The van der Waals surface area contributed by atoms with Gasteiger partial charge in [0, 0.05) is 12.0 Å². The molecule has 1 aromatic rings. The van der Waals surface area contributed by atoms with E-state index >= 15 is 0 Å². The molecule has 1 rings (SSSR count). The van der Waals surface area contributed by atoms with E-state index in [-0.39, 0.29) is 0 Å². The molecule has 16 heavy (non-hydrogen) atoms. The zero-order valence-electron chi connectivity index (χ0n) is 9.86. The van der Waals surface area contributed by atoms with Gasteiger partial charge in [0.25, 0.3) is 0 Å². The van der Waals surface area contributed by atoms with Crippen LogP contribution in [0.4, 0.5) is 0 Å². The third-order valence-corrected chi connectivity index (χ3v) is 2.34. The normalized spacial score (nSPS) is 11.9. The Bertz CT molecular complexity index is 375. The molecule has 86 valence electrons. The van der Waals surface area contributed by atoms with Gasteiger partial charge in [-0.1, -0.05) is 12.1 Å². The van der Waals surface area contributed by atoms with E-state index in [1.165, 1.54) is 0 Å². The lowest BCUT2D eigenvalue weighted by Crippen LogP contribution is -2.02. The summed E-state index contributed by atoms with van der Waals surface area (Å²) in [6, 6.07) is 5.81. The number of terminal acetylenes is 1. The quantitative estimate of drug-likeness (QED) is 0.608.